The molecule has 0 radical (unpaired) electrons. The molecule has 0 atom stereocenters. The van der Waals surface area contributed by atoms with Crippen molar-refractivity contribution in [1.82, 2.24) is 0 Å². The van der Waals surface area contributed by atoms with E-state index in [-0.39, 0.29) is 27.9 Å². The zero-order chi connectivity index (χ0) is 18.6. The van der Waals surface area contributed by atoms with Gasteiger partial charge in [0.2, 0.25) is 0 Å². The SMILES string of the molecule is COc1cc(C(=O)Nc2ccc(F)cc2F)cc(Cl)c1OCC(C)C. The summed E-state index contributed by atoms with van der Waals surface area (Å²) in [5.74, 6) is -1.30. The first-order valence-electron chi connectivity index (χ1n) is 7.58. The minimum absolute atomic E-state index is 0.137. The number of anilines is 1. The number of amides is 1. The van der Waals surface area contributed by atoms with Crippen molar-refractivity contribution in [3.63, 3.8) is 0 Å². The molecule has 0 unspecified atom stereocenters. The highest BCUT2D eigenvalue weighted by Crippen LogP contribution is 2.37. The van der Waals surface area contributed by atoms with Gasteiger partial charge in [-0.25, -0.2) is 8.78 Å². The van der Waals surface area contributed by atoms with E-state index in [1.54, 1.807) is 0 Å². The van der Waals surface area contributed by atoms with Crippen molar-refractivity contribution in [2.75, 3.05) is 19.0 Å². The third-order valence-electron chi connectivity index (χ3n) is 3.23. The number of benzene rings is 2. The Morgan fingerprint density at radius 1 is 1.24 bits per heavy atom. The van der Waals surface area contributed by atoms with Crippen molar-refractivity contribution in [1.29, 1.82) is 0 Å². The Morgan fingerprint density at radius 3 is 2.56 bits per heavy atom. The van der Waals surface area contributed by atoms with Gasteiger partial charge in [-0.05, 0) is 30.2 Å². The van der Waals surface area contributed by atoms with Gasteiger partial charge in [0.1, 0.15) is 11.6 Å². The van der Waals surface area contributed by atoms with E-state index < -0.39 is 17.5 Å². The maximum Gasteiger partial charge on any atom is 0.255 e. The third-order valence-corrected chi connectivity index (χ3v) is 3.51. The van der Waals surface area contributed by atoms with E-state index in [9.17, 15) is 13.6 Å². The average molecular weight is 370 g/mol. The normalized spacial score (nSPS) is 10.7. The van der Waals surface area contributed by atoms with Gasteiger partial charge in [0.05, 0.1) is 24.4 Å². The molecule has 134 valence electrons. The fourth-order valence-electron chi connectivity index (χ4n) is 2.03. The molecule has 0 aromatic heterocycles. The fraction of sp³-hybridized carbons (Fsp3) is 0.278. The van der Waals surface area contributed by atoms with E-state index in [2.05, 4.69) is 5.32 Å². The lowest BCUT2D eigenvalue weighted by Gasteiger charge is -2.15. The number of carbonyl (C=O) groups is 1. The molecule has 1 amide bonds. The summed E-state index contributed by atoms with van der Waals surface area (Å²) in [5.41, 5.74) is 0.0177. The molecule has 0 saturated heterocycles. The number of nitrogens with one attached hydrogen (secondary N) is 1. The molecule has 0 fully saturated rings. The zero-order valence-electron chi connectivity index (χ0n) is 14.0. The van der Waals surface area contributed by atoms with Gasteiger partial charge < -0.3 is 14.8 Å². The molecule has 0 aliphatic heterocycles. The first-order chi connectivity index (χ1) is 11.8. The highest BCUT2D eigenvalue weighted by atomic mass is 35.5. The quantitative estimate of drug-likeness (QED) is 0.786. The lowest BCUT2D eigenvalue weighted by molar-refractivity contribution is 0.102. The van der Waals surface area contributed by atoms with Gasteiger partial charge in [-0.2, -0.15) is 0 Å². The van der Waals surface area contributed by atoms with Crippen LogP contribution >= 0.6 is 11.6 Å². The molecule has 25 heavy (non-hydrogen) atoms. The molecule has 0 aliphatic carbocycles. The molecule has 2 aromatic rings. The van der Waals surface area contributed by atoms with Crippen LogP contribution in [0, 0.1) is 17.6 Å². The number of carbonyl (C=O) groups excluding carboxylic acids is 1. The molecule has 4 nitrogen and oxygen atoms in total. The van der Waals surface area contributed by atoms with Crippen LogP contribution in [0.4, 0.5) is 14.5 Å². The van der Waals surface area contributed by atoms with Gasteiger partial charge in [-0.3, -0.25) is 4.79 Å². The average Bonchev–Trinajstić information content (AvgIpc) is 2.55. The molecule has 0 heterocycles. The van der Waals surface area contributed by atoms with Gasteiger partial charge in [0.25, 0.3) is 5.91 Å². The first-order valence-corrected chi connectivity index (χ1v) is 7.96. The van der Waals surface area contributed by atoms with Crippen molar-refractivity contribution in [3.8, 4) is 11.5 Å². The Labute approximate surface area is 149 Å². The second kappa shape index (κ2) is 8.16. The number of hydrogen-bond donors (Lipinski definition) is 1. The second-order valence-electron chi connectivity index (χ2n) is 5.77. The number of rotatable bonds is 6. The van der Waals surface area contributed by atoms with E-state index in [0.717, 1.165) is 12.1 Å². The molecule has 0 bridgehead atoms. The maximum atomic E-state index is 13.7. The second-order valence-corrected chi connectivity index (χ2v) is 6.18. The van der Waals surface area contributed by atoms with Crippen LogP contribution < -0.4 is 14.8 Å². The largest absolute Gasteiger partial charge is 0.493 e. The summed E-state index contributed by atoms with van der Waals surface area (Å²) in [4.78, 5) is 12.3. The van der Waals surface area contributed by atoms with Gasteiger partial charge in [-0.15, -0.1) is 0 Å². The van der Waals surface area contributed by atoms with E-state index in [4.69, 9.17) is 21.1 Å². The molecule has 7 heteroatoms. The fourth-order valence-corrected chi connectivity index (χ4v) is 2.29. The zero-order valence-corrected chi connectivity index (χ0v) is 14.8. The van der Waals surface area contributed by atoms with Gasteiger partial charge in [0.15, 0.2) is 11.5 Å². The van der Waals surface area contributed by atoms with Crippen LogP contribution in [0.5, 0.6) is 11.5 Å². The van der Waals surface area contributed by atoms with Crippen molar-refractivity contribution < 1.29 is 23.0 Å². The molecule has 0 saturated carbocycles. The summed E-state index contributed by atoms with van der Waals surface area (Å²) in [6.45, 7) is 4.40. The van der Waals surface area contributed by atoms with E-state index in [1.807, 2.05) is 13.8 Å². The number of halogens is 3. The topological polar surface area (TPSA) is 47.6 Å². The minimum Gasteiger partial charge on any atom is -0.493 e. The van der Waals surface area contributed by atoms with Crippen LogP contribution in [0.1, 0.15) is 24.2 Å². The highest BCUT2D eigenvalue weighted by molar-refractivity contribution is 6.32. The van der Waals surface area contributed by atoms with Crippen molar-refractivity contribution >= 4 is 23.2 Å². The monoisotopic (exact) mass is 369 g/mol. The molecular weight excluding hydrogens is 352 g/mol. The van der Waals surface area contributed by atoms with Crippen LogP contribution in [0.2, 0.25) is 5.02 Å². The van der Waals surface area contributed by atoms with Crippen molar-refractivity contribution in [2.24, 2.45) is 5.92 Å². The Hall–Kier alpha value is -2.34. The Morgan fingerprint density at radius 2 is 1.96 bits per heavy atom. The lowest BCUT2D eigenvalue weighted by atomic mass is 10.1. The molecule has 2 rings (SSSR count). The Balaban J connectivity index is 2.26. The van der Waals surface area contributed by atoms with Crippen LogP contribution in [-0.4, -0.2) is 19.6 Å². The Bertz CT molecular complexity index is 781. The summed E-state index contributed by atoms with van der Waals surface area (Å²) < 4.78 is 37.4. The number of hydrogen-bond acceptors (Lipinski definition) is 3. The smallest absolute Gasteiger partial charge is 0.255 e. The van der Waals surface area contributed by atoms with Gasteiger partial charge in [0, 0.05) is 11.6 Å². The summed E-state index contributed by atoms with van der Waals surface area (Å²) in [7, 11) is 1.43. The standard InChI is InChI=1S/C18H18ClF2NO3/c1-10(2)9-25-17-13(19)6-11(7-16(17)24-3)18(23)22-15-5-4-12(20)8-14(15)21/h4-8,10H,9H2,1-3H3,(H,22,23). The molecule has 1 N–H and O–H groups in total. The van der Waals surface area contributed by atoms with Gasteiger partial charge >= 0.3 is 0 Å². The van der Waals surface area contributed by atoms with E-state index in [0.29, 0.717) is 18.4 Å². The third kappa shape index (κ3) is 4.82. The highest BCUT2D eigenvalue weighted by Gasteiger charge is 2.17. The summed E-state index contributed by atoms with van der Waals surface area (Å²) >= 11 is 6.19. The van der Waals surface area contributed by atoms with Gasteiger partial charge in [-0.1, -0.05) is 25.4 Å². The predicted molar refractivity (Wildman–Crippen MR) is 92.6 cm³/mol. The Kier molecular flexibility index (Phi) is 6.20. The summed E-state index contributed by atoms with van der Waals surface area (Å²) in [6, 6.07) is 5.72. The molecule has 0 aliphatic rings. The van der Waals surface area contributed by atoms with Crippen LogP contribution in [-0.2, 0) is 0 Å². The van der Waals surface area contributed by atoms with Crippen LogP contribution in [0.3, 0.4) is 0 Å². The van der Waals surface area contributed by atoms with Crippen molar-refractivity contribution in [2.45, 2.75) is 13.8 Å². The summed E-state index contributed by atoms with van der Waals surface area (Å²) in [5, 5.41) is 2.57. The van der Waals surface area contributed by atoms with E-state index in [1.165, 1.54) is 19.2 Å². The minimum atomic E-state index is -0.872. The van der Waals surface area contributed by atoms with Crippen molar-refractivity contribution in [3.05, 3.63) is 52.6 Å². The maximum absolute atomic E-state index is 13.7. The molecule has 0 spiro atoms. The van der Waals surface area contributed by atoms with E-state index >= 15 is 0 Å². The number of ether oxygens (including phenoxy) is 2. The molecule has 2 aromatic carbocycles. The van der Waals surface area contributed by atoms with Crippen LogP contribution in [0.25, 0.3) is 0 Å². The first kappa shape index (κ1) is 19.0. The number of methoxy groups -OCH3 is 1. The van der Waals surface area contributed by atoms with Crippen LogP contribution in [0.15, 0.2) is 30.3 Å². The summed E-state index contributed by atoms with van der Waals surface area (Å²) in [6.07, 6.45) is 0. The molecular formula is C18H18ClF2NO3. The predicted octanol–water partition coefficient (Wildman–Crippen LogP) is 4.91. The lowest BCUT2D eigenvalue weighted by Crippen LogP contribution is -2.14.